The molecule has 0 saturated carbocycles. The molecule has 0 atom stereocenters. The molecule has 5 nitrogen and oxygen atoms in total. The van der Waals surface area contributed by atoms with Gasteiger partial charge in [-0.3, -0.25) is 10.1 Å². The van der Waals surface area contributed by atoms with Crippen molar-refractivity contribution in [3.8, 4) is 0 Å². The minimum Gasteiger partial charge on any atom is -0.331 e. The molecule has 1 amide bonds. The summed E-state index contributed by atoms with van der Waals surface area (Å²) in [4.78, 5) is 23.0. The van der Waals surface area contributed by atoms with Crippen LogP contribution in [-0.2, 0) is 11.2 Å². The zero-order chi connectivity index (χ0) is 13.1. The summed E-state index contributed by atoms with van der Waals surface area (Å²) in [6, 6.07) is 7.99. The number of anilines is 1. The number of nitrogens with zero attached hydrogens (tertiary/aromatic N) is 2. The Morgan fingerprint density at radius 3 is 3.05 bits per heavy atom. The van der Waals surface area contributed by atoms with Crippen LogP contribution >= 0.6 is 11.3 Å². The van der Waals surface area contributed by atoms with Gasteiger partial charge in [-0.25, -0.2) is 9.97 Å². The van der Waals surface area contributed by atoms with Crippen LogP contribution in [-0.4, -0.2) is 20.9 Å². The SMILES string of the molecule is O=C(CCc1nc2ccccc2s1)Nc1ncc[nH]1. The number of amides is 1. The standard InChI is InChI=1S/C13H12N4OS/c18-11(17-13-14-7-8-15-13)5-6-12-16-9-3-1-2-4-10(9)19-12/h1-4,7-8H,5-6H2,(H2,14,15,17,18). The van der Waals surface area contributed by atoms with Gasteiger partial charge in [-0.15, -0.1) is 11.3 Å². The second-order valence-corrected chi connectivity index (χ2v) is 5.18. The largest absolute Gasteiger partial charge is 0.331 e. The normalized spacial score (nSPS) is 10.7. The smallest absolute Gasteiger partial charge is 0.227 e. The molecule has 1 aromatic carbocycles. The highest BCUT2D eigenvalue weighted by atomic mass is 32.1. The van der Waals surface area contributed by atoms with Crippen molar-refractivity contribution in [3.63, 3.8) is 0 Å². The van der Waals surface area contributed by atoms with Gasteiger partial charge < -0.3 is 4.98 Å². The van der Waals surface area contributed by atoms with Crippen molar-refractivity contribution in [2.45, 2.75) is 12.8 Å². The number of aryl methyl sites for hydroxylation is 1. The van der Waals surface area contributed by atoms with E-state index in [4.69, 9.17) is 0 Å². The molecule has 96 valence electrons. The Bertz CT molecular complexity index is 657. The van der Waals surface area contributed by atoms with Crippen LogP contribution in [0.25, 0.3) is 10.2 Å². The summed E-state index contributed by atoms with van der Waals surface area (Å²) in [7, 11) is 0. The molecule has 0 bridgehead atoms. The topological polar surface area (TPSA) is 70.7 Å². The fraction of sp³-hybridized carbons (Fsp3) is 0.154. The van der Waals surface area contributed by atoms with Gasteiger partial charge in [0, 0.05) is 25.2 Å². The molecule has 2 heterocycles. The van der Waals surface area contributed by atoms with Crippen LogP contribution in [0.4, 0.5) is 5.95 Å². The number of aromatic nitrogens is 3. The molecule has 0 aliphatic rings. The number of nitrogens with one attached hydrogen (secondary N) is 2. The Morgan fingerprint density at radius 1 is 1.37 bits per heavy atom. The summed E-state index contributed by atoms with van der Waals surface area (Å²) in [5, 5.41) is 3.68. The molecule has 0 aliphatic heterocycles. The molecular weight excluding hydrogens is 260 g/mol. The third kappa shape index (κ3) is 2.79. The number of carbonyl (C=O) groups excluding carboxylic acids is 1. The van der Waals surface area contributed by atoms with Crippen molar-refractivity contribution < 1.29 is 4.79 Å². The molecule has 6 heteroatoms. The quantitative estimate of drug-likeness (QED) is 0.767. The summed E-state index contributed by atoms with van der Waals surface area (Å²) in [5.41, 5.74) is 0.994. The van der Waals surface area contributed by atoms with E-state index in [1.807, 2.05) is 24.3 Å². The monoisotopic (exact) mass is 272 g/mol. The number of benzene rings is 1. The van der Waals surface area contributed by atoms with Crippen molar-refractivity contribution in [2.75, 3.05) is 5.32 Å². The average Bonchev–Trinajstić information content (AvgIpc) is 3.04. The van der Waals surface area contributed by atoms with Crippen molar-refractivity contribution in [3.05, 3.63) is 41.7 Å². The van der Waals surface area contributed by atoms with E-state index in [9.17, 15) is 4.79 Å². The molecular formula is C13H12N4OS. The number of hydrogen-bond donors (Lipinski definition) is 2. The summed E-state index contributed by atoms with van der Waals surface area (Å²) in [6.45, 7) is 0. The Hall–Kier alpha value is -2.21. The van der Waals surface area contributed by atoms with E-state index in [1.165, 1.54) is 0 Å². The van der Waals surface area contributed by atoms with Crippen LogP contribution in [0.2, 0.25) is 0 Å². The molecule has 0 fully saturated rings. The van der Waals surface area contributed by atoms with Gasteiger partial charge in [0.05, 0.1) is 15.2 Å². The lowest BCUT2D eigenvalue weighted by atomic mass is 10.3. The summed E-state index contributed by atoms with van der Waals surface area (Å²) >= 11 is 1.63. The zero-order valence-corrected chi connectivity index (χ0v) is 10.9. The third-order valence-electron chi connectivity index (χ3n) is 2.66. The molecule has 0 radical (unpaired) electrons. The second kappa shape index (κ2) is 5.19. The van der Waals surface area contributed by atoms with Gasteiger partial charge in [-0.05, 0) is 12.1 Å². The number of H-pyrrole nitrogens is 1. The molecule has 0 spiro atoms. The van der Waals surface area contributed by atoms with Crippen molar-refractivity contribution in [2.24, 2.45) is 0 Å². The number of hydrogen-bond acceptors (Lipinski definition) is 4. The average molecular weight is 272 g/mol. The fourth-order valence-electron chi connectivity index (χ4n) is 1.78. The molecule has 3 aromatic rings. The van der Waals surface area contributed by atoms with Gasteiger partial charge >= 0.3 is 0 Å². The predicted octanol–water partition coefficient (Wildman–Crippen LogP) is 2.59. The van der Waals surface area contributed by atoms with Crippen LogP contribution in [0.5, 0.6) is 0 Å². The molecule has 2 aromatic heterocycles. The molecule has 2 N–H and O–H groups in total. The number of carbonyl (C=O) groups is 1. The maximum absolute atomic E-state index is 11.7. The molecule has 19 heavy (non-hydrogen) atoms. The Balaban J connectivity index is 1.61. The van der Waals surface area contributed by atoms with Gasteiger partial charge in [0.25, 0.3) is 0 Å². The predicted molar refractivity (Wildman–Crippen MR) is 75.2 cm³/mol. The number of fused-ring (bicyclic) bond motifs is 1. The minimum absolute atomic E-state index is 0.0609. The van der Waals surface area contributed by atoms with E-state index in [0.29, 0.717) is 18.8 Å². The number of thiazole rings is 1. The van der Waals surface area contributed by atoms with Crippen LogP contribution in [0.3, 0.4) is 0 Å². The Labute approximate surface area is 113 Å². The summed E-state index contributed by atoms with van der Waals surface area (Å²) in [6.07, 6.45) is 4.32. The first-order valence-corrected chi connectivity index (χ1v) is 6.76. The lowest BCUT2D eigenvalue weighted by molar-refractivity contribution is -0.116. The molecule has 0 aliphatic carbocycles. The Kier molecular flexibility index (Phi) is 3.24. The van der Waals surface area contributed by atoms with Crippen molar-refractivity contribution in [1.82, 2.24) is 15.0 Å². The van der Waals surface area contributed by atoms with Gasteiger partial charge in [0.1, 0.15) is 0 Å². The van der Waals surface area contributed by atoms with E-state index in [0.717, 1.165) is 15.2 Å². The highest BCUT2D eigenvalue weighted by Crippen LogP contribution is 2.22. The molecule has 3 rings (SSSR count). The molecule has 0 unspecified atom stereocenters. The lowest BCUT2D eigenvalue weighted by Crippen LogP contribution is -2.13. The number of rotatable bonds is 4. The lowest BCUT2D eigenvalue weighted by Gasteiger charge is -1.99. The third-order valence-corrected chi connectivity index (χ3v) is 3.76. The summed E-state index contributed by atoms with van der Waals surface area (Å²) < 4.78 is 1.16. The Morgan fingerprint density at radius 2 is 2.26 bits per heavy atom. The van der Waals surface area contributed by atoms with Gasteiger partial charge in [-0.1, -0.05) is 12.1 Å². The number of imidazole rings is 1. The molecule has 0 saturated heterocycles. The number of para-hydroxylation sites is 1. The van der Waals surface area contributed by atoms with Gasteiger partial charge in [-0.2, -0.15) is 0 Å². The van der Waals surface area contributed by atoms with Crippen LogP contribution < -0.4 is 5.32 Å². The highest BCUT2D eigenvalue weighted by Gasteiger charge is 2.07. The first kappa shape index (κ1) is 11.9. The second-order valence-electron chi connectivity index (χ2n) is 4.06. The first-order valence-electron chi connectivity index (χ1n) is 5.95. The fourth-order valence-corrected chi connectivity index (χ4v) is 2.74. The zero-order valence-electron chi connectivity index (χ0n) is 10.1. The van der Waals surface area contributed by atoms with Crippen LogP contribution in [0.15, 0.2) is 36.7 Å². The number of aromatic amines is 1. The van der Waals surface area contributed by atoms with Crippen molar-refractivity contribution in [1.29, 1.82) is 0 Å². The van der Waals surface area contributed by atoms with Crippen molar-refractivity contribution >= 4 is 33.4 Å². The van der Waals surface area contributed by atoms with Gasteiger partial charge in [0.2, 0.25) is 11.9 Å². The highest BCUT2D eigenvalue weighted by molar-refractivity contribution is 7.18. The van der Waals surface area contributed by atoms with Crippen LogP contribution in [0.1, 0.15) is 11.4 Å². The van der Waals surface area contributed by atoms with E-state index < -0.39 is 0 Å². The van der Waals surface area contributed by atoms with E-state index in [2.05, 4.69) is 20.3 Å². The van der Waals surface area contributed by atoms with Gasteiger partial charge in [0.15, 0.2) is 0 Å². The van der Waals surface area contributed by atoms with Crippen LogP contribution in [0, 0.1) is 0 Å². The maximum Gasteiger partial charge on any atom is 0.227 e. The van der Waals surface area contributed by atoms with E-state index in [-0.39, 0.29) is 5.91 Å². The first-order chi connectivity index (χ1) is 9.31. The maximum atomic E-state index is 11.7. The summed E-state index contributed by atoms with van der Waals surface area (Å²) in [5.74, 6) is 0.420. The minimum atomic E-state index is -0.0609. The van der Waals surface area contributed by atoms with E-state index >= 15 is 0 Å². The van der Waals surface area contributed by atoms with E-state index in [1.54, 1.807) is 23.7 Å².